The van der Waals surface area contributed by atoms with Crippen LogP contribution in [0.2, 0.25) is 0 Å². The molecule has 6 heteroatoms. The highest BCUT2D eigenvalue weighted by molar-refractivity contribution is 6.28. The Kier molecular flexibility index (Phi) is 5.55. The molecule has 0 N–H and O–H groups in total. The van der Waals surface area contributed by atoms with Crippen molar-refractivity contribution in [3.8, 4) is 0 Å². The van der Waals surface area contributed by atoms with Gasteiger partial charge in [-0.3, -0.25) is 14.4 Å². The maximum absolute atomic E-state index is 13.2. The van der Waals surface area contributed by atoms with Gasteiger partial charge in [-0.2, -0.15) is 0 Å². The third-order valence-corrected chi connectivity index (χ3v) is 5.55. The van der Waals surface area contributed by atoms with Gasteiger partial charge in [-0.05, 0) is 42.0 Å². The van der Waals surface area contributed by atoms with Crippen LogP contribution in [0.25, 0.3) is 0 Å². The van der Waals surface area contributed by atoms with Gasteiger partial charge in [-0.25, -0.2) is 4.79 Å². The van der Waals surface area contributed by atoms with E-state index in [0.717, 1.165) is 29.2 Å². The van der Waals surface area contributed by atoms with Crippen LogP contribution in [0, 0.1) is 0 Å². The second-order valence-corrected chi connectivity index (χ2v) is 7.60. The van der Waals surface area contributed by atoms with Crippen LogP contribution in [0.5, 0.6) is 0 Å². The fourth-order valence-corrected chi connectivity index (χ4v) is 4.29. The zero-order valence-electron chi connectivity index (χ0n) is 17.4. The molecule has 2 aromatic carbocycles. The van der Waals surface area contributed by atoms with E-state index in [0.29, 0.717) is 24.0 Å². The van der Waals surface area contributed by atoms with E-state index >= 15 is 0 Å². The van der Waals surface area contributed by atoms with Gasteiger partial charge in [-0.15, -0.1) is 0 Å². The number of hydrogen-bond donors (Lipinski definition) is 0. The van der Waals surface area contributed by atoms with E-state index in [1.807, 2.05) is 37.3 Å². The molecule has 0 amide bonds. The number of carbonyl (C=O) groups excluding carboxylic acids is 4. The number of rotatable bonds is 4. The zero-order chi connectivity index (χ0) is 22.1. The number of Topliss-reactive ketones (excluding diaryl/α,β-unsaturated/α-hetero) is 2. The van der Waals surface area contributed by atoms with Crippen molar-refractivity contribution >= 4 is 23.5 Å². The number of allylic oxidation sites excluding steroid dienone is 2. The molecule has 2 aromatic rings. The third kappa shape index (κ3) is 3.69. The first-order valence-corrected chi connectivity index (χ1v) is 10.4. The minimum Gasteiger partial charge on any atom is -0.434 e. The maximum atomic E-state index is 13.2. The Balaban J connectivity index is 1.88. The molecule has 0 heterocycles. The Morgan fingerprint density at radius 2 is 1.65 bits per heavy atom. The highest BCUT2D eigenvalue weighted by Crippen LogP contribution is 2.35. The van der Waals surface area contributed by atoms with Crippen LogP contribution in [-0.2, 0) is 28.7 Å². The quantitative estimate of drug-likeness (QED) is 0.684. The third-order valence-electron chi connectivity index (χ3n) is 5.55. The molecular weight excluding hydrogens is 396 g/mol. The van der Waals surface area contributed by atoms with E-state index in [4.69, 9.17) is 9.47 Å². The molecular formula is C25H22O6. The van der Waals surface area contributed by atoms with Crippen molar-refractivity contribution in [1.82, 2.24) is 0 Å². The summed E-state index contributed by atoms with van der Waals surface area (Å²) in [5.74, 6) is -1.66. The number of aryl methyl sites for hydroxylation is 1. The van der Waals surface area contributed by atoms with Crippen molar-refractivity contribution in [3.05, 3.63) is 81.1 Å². The van der Waals surface area contributed by atoms with Crippen molar-refractivity contribution in [2.24, 2.45) is 0 Å². The number of ketones is 3. The molecule has 158 valence electrons. The van der Waals surface area contributed by atoms with Gasteiger partial charge in [0.05, 0.1) is 6.61 Å². The molecule has 31 heavy (non-hydrogen) atoms. The van der Waals surface area contributed by atoms with Gasteiger partial charge in [-0.1, -0.05) is 43.7 Å². The summed E-state index contributed by atoms with van der Waals surface area (Å²) in [7, 11) is 0. The van der Waals surface area contributed by atoms with E-state index < -0.39 is 17.7 Å². The van der Waals surface area contributed by atoms with Crippen molar-refractivity contribution in [2.45, 2.75) is 39.5 Å². The number of benzene rings is 2. The van der Waals surface area contributed by atoms with Crippen molar-refractivity contribution in [2.75, 3.05) is 6.61 Å². The first-order valence-electron chi connectivity index (χ1n) is 10.4. The molecule has 0 fully saturated rings. The Bertz CT molecular complexity index is 1150. The minimum atomic E-state index is -1.04. The van der Waals surface area contributed by atoms with Crippen LogP contribution < -0.4 is 0 Å². The number of ether oxygens (including phenoxy) is 2. The van der Waals surface area contributed by atoms with E-state index in [9.17, 15) is 19.2 Å². The predicted molar refractivity (Wildman–Crippen MR) is 113 cm³/mol. The second kappa shape index (κ2) is 8.30. The SMILES string of the molecule is CCCc1cc2c(c3c1C(=O)C(OC(=O)OCC)=CC3=O)C(=O)Cc1ccccc1C2. The van der Waals surface area contributed by atoms with Gasteiger partial charge >= 0.3 is 6.16 Å². The Morgan fingerprint density at radius 1 is 0.935 bits per heavy atom. The van der Waals surface area contributed by atoms with Crippen LogP contribution in [0.1, 0.15) is 73.6 Å². The van der Waals surface area contributed by atoms with E-state index in [1.54, 1.807) is 6.92 Å². The molecule has 0 bridgehead atoms. The van der Waals surface area contributed by atoms with Crippen LogP contribution in [-0.4, -0.2) is 30.1 Å². The monoisotopic (exact) mass is 418 g/mol. The fourth-order valence-electron chi connectivity index (χ4n) is 4.29. The molecule has 0 aliphatic heterocycles. The van der Waals surface area contributed by atoms with Gasteiger partial charge in [0.2, 0.25) is 5.78 Å². The highest BCUT2D eigenvalue weighted by atomic mass is 16.7. The minimum absolute atomic E-state index is 0.0779. The van der Waals surface area contributed by atoms with Crippen molar-refractivity contribution in [1.29, 1.82) is 0 Å². The summed E-state index contributed by atoms with van der Waals surface area (Å²) >= 11 is 0. The highest BCUT2D eigenvalue weighted by Gasteiger charge is 2.36. The van der Waals surface area contributed by atoms with Gasteiger partial charge < -0.3 is 9.47 Å². The molecule has 6 nitrogen and oxygen atoms in total. The molecule has 0 saturated carbocycles. The summed E-state index contributed by atoms with van der Waals surface area (Å²) in [6, 6.07) is 9.56. The number of hydrogen-bond acceptors (Lipinski definition) is 6. The van der Waals surface area contributed by atoms with Gasteiger partial charge in [0.15, 0.2) is 17.3 Å². The fraction of sp³-hybridized carbons (Fsp3) is 0.280. The standard InChI is InChI=1S/C25H22O6/c1-3-7-16-11-17-10-14-8-5-6-9-15(14)12-18(26)21(17)23-19(27)13-20(24(28)22(16)23)31-25(29)30-4-2/h5-6,8-9,11,13H,3-4,7,10,12H2,1-2H3. The van der Waals surface area contributed by atoms with Gasteiger partial charge in [0, 0.05) is 29.2 Å². The van der Waals surface area contributed by atoms with Gasteiger partial charge in [0.25, 0.3) is 0 Å². The molecule has 4 rings (SSSR count). The van der Waals surface area contributed by atoms with Gasteiger partial charge in [0.1, 0.15) is 0 Å². The average Bonchev–Trinajstić information content (AvgIpc) is 2.87. The van der Waals surface area contributed by atoms with Crippen molar-refractivity contribution in [3.63, 3.8) is 0 Å². The lowest BCUT2D eigenvalue weighted by molar-refractivity contribution is 0.0695. The zero-order valence-corrected chi connectivity index (χ0v) is 17.4. The summed E-state index contributed by atoms with van der Waals surface area (Å²) in [6.45, 7) is 3.66. The number of carbonyl (C=O) groups is 4. The first-order chi connectivity index (χ1) is 14.9. The topological polar surface area (TPSA) is 86.7 Å². The summed E-state index contributed by atoms with van der Waals surface area (Å²) in [6.07, 6.45) is 1.92. The molecule has 0 atom stereocenters. The Hall–Kier alpha value is -3.54. The summed E-state index contributed by atoms with van der Waals surface area (Å²) < 4.78 is 9.73. The largest absolute Gasteiger partial charge is 0.513 e. The van der Waals surface area contributed by atoms with E-state index in [-0.39, 0.29) is 35.7 Å². The first kappa shape index (κ1) is 20.7. The van der Waals surface area contributed by atoms with Crippen LogP contribution in [0.15, 0.2) is 42.2 Å². The molecule has 0 saturated heterocycles. The average molecular weight is 418 g/mol. The summed E-state index contributed by atoms with van der Waals surface area (Å²) in [5, 5.41) is 0. The van der Waals surface area contributed by atoms with Crippen LogP contribution >= 0.6 is 0 Å². The van der Waals surface area contributed by atoms with E-state index in [1.165, 1.54) is 0 Å². The lowest BCUT2D eigenvalue weighted by Gasteiger charge is -2.22. The molecule has 2 aliphatic rings. The van der Waals surface area contributed by atoms with Crippen LogP contribution in [0.3, 0.4) is 0 Å². The lowest BCUT2D eigenvalue weighted by Crippen LogP contribution is -2.26. The molecule has 0 radical (unpaired) electrons. The normalized spacial score (nSPS) is 14.8. The smallest absolute Gasteiger partial charge is 0.434 e. The van der Waals surface area contributed by atoms with Crippen LogP contribution in [0.4, 0.5) is 4.79 Å². The summed E-state index contributed by atoms with van der Waals surface area (Å²) in [5.41, 5.74) is 3.98. The Labute approximate surface area is 179 Å². The molecule has 0 spiro atoms. The molecule has 2 aliphatic carbocycles. The molecule has 0 aromatic heterocycles. The summed E-state index contributed by atoms with van der Waals surface area (Å²) in [4.78, 5) is 51.3. The number of fused-ring (bicyclic) bond motifs is 4. The van der Waals surface area contributed by atoms with Crippen molar-refractivity contribution < 1.29 is 28.7 Å². The maximum Gasteiger partial charge on any atom is 0.513 e. The lowest BCUT2D eigenvalue weighted by atomic mass is 9.80. The van der Waals surface area contributed by atoms with E-state index in [2.05, 4.69) is 0 Å². The molecule has 0 unspecified atom stereocenters. The second-order valence-electron chi connectivity index (χ2n) is 7.60. The predicted octanol–water partition coefficient (Wildman–Crippen LogP) is 4.40. The Morgan fingerprint density at radius 3 is 2.32 bits per heavy atom.